The summed E-state index contributed by atoms with van der Waals surface area (Å²) in [5, 5.41) is 3.05. The fourth-order valence-electron chi connectivity index (χ4n) is 3.33. The zero-order valence-corrected chi connectivity index (χ0v) is 16.2. The number of nitrogens with zero attached hydrogens (tertiary/aromatic N) is 2. The topological polar surface area (TPSA) is 56.1 Å². The molecule has 0 aliphatic rings. The van der Waals surface area contributed by atoms with E-state index in [4.69, 9.17) is 4.74 Å². The average molecular weight is 363 g/mol. The van der Waals surface area contributed by atoms with Crippen molar-refractivity contribution in [1.29, 1.82) is 0 Å². The van der Waals surface area contributed by atoms with E-state index in [-0.39, 0.29) is 18.6 Å². The van der Waals surface area contributed by atoms with Gasteiger partial charge in [0.2, 0.25) is 0 Å². The summed E-state index contributed by atoms with van der Waals surface area (Å²) in [5.74, 6) is 1.35. The molecule has 0 bridgehead atoms. The highest BCUT2D eigenvalue weighted by Gasteiger charge is 2.21. The van der Waals surface area contributed by atoms with Crippen LogP contribution in [-0.2, 0) is 11.8 Å². The maximum atomic E-state index is 12.6. The first kappa shape index (κ1) is 18.7. The second-order valence-corrected chi connectivity index (χ2v) is 6.82. The zero-order chi connectivity index (χ0) is 19.4. The number of amides is 1. The van der Waals surface area contributed by atoms with Crippen LogP contribution in [0.15, 0.2) is 54.9 Å². The minimum absolute atomic E-state index is 0.0432. The number of hydrogen-bond donors (Lipinski definition) is 1. The van der Waals surface area contributed by atoms with Gasteiger partial charge in [-0.05, 0) is 37.5 Å². The minimum atomic E-state index is -0.331. The molecule has 0 fully saturated rings. The molecule has 0 radical (unpaired) electrons. The van der Waals surface area contributed by atoms with Crippen molar-refractivity contribution in [1.82, 2.24) is 14.9 Å². The predicted molar refractivity (Wildman–Crippen MR) is 106 cm³/mol. The molecule has 27 heavy (non-hydrogen) atoms. The third-order valence-corrected chi connectivity index (χ3v) is 4.51. The first-order chi connectivity index (χ1) is 13.0. The van der Waals surface area contributed by atoms with E-state index in [0.717, 1.165) is 28.3 Å². The number of carbonyl (C=O) groups is 1. The molecular formula is C22H25N3O2. The van der Waals surface area contributed by atoms with Crippen molar-refractivity contribution < 1.29 is 9.53 Å². The van der Waals surface area contributed by atoms with E-state index in [2.05, 4.69) is 22.4 Å². The van der Waals surface area contributed by atoms with Gasteiger partial charge in [-0.25, -0.2) is 4.98 Å². The molecule has 1 aromatic heterocycles. The molecule has 0 unspecified atom stereocenters. The highest BCUT2D eigenvalue weighted by Crippen LogP contribution is 2.25. The molecule has 3 rings (SSSR count). The van der Waals surface area contributed by atoms with Crippen LogP contribution in [0.25, 0.3) is 0 Å². The molecule has 5 nitrogen and oxygen atoms in total. The first-order valence-electron chi connectivity index (χ1n) is 8.98. The molecule has 2 aromatic carbocycles. The van der Waals surface area contributed by atoms with Crippen LogP contribution in [0.4, 0.5) is 0 Å². The van der Waals surface area contributed by atoms with Gasteiger partial charge >= 0.3 is 0 Å². The Morgan fingerprint density at radius 3 is 2.41 bits per heavy atom. The van der Waals surface area contributed by atoms with Crippen LogP contribution < -0.4 is 10.1 Å². The fourth-order valence-corrected chi connectivity index (χ4v) is 3.33. The van der Waals surface area contributed by atoms with Gasteiger partial charge in [0.1, 0.15) is 17.6 Å². The van der Waals surface area contributed by atoms with Gasteiger partial charge < -0.3 is 14.6 Å². The Morgan fingerprint density at radius 1 is 1.15 bits per heavy atom. The van der Waals surface area contributed by atoms with E-state index < -0.39 is 0 Å². The van der Waals surface area contributed by atoms with Crippen LogP contribution in [0.3, 0.4) is 0 Å². The molecule has 1 atom stereocenters. The molecule has 0 spiro atoms. The van der Waals surface area contributed by atoms with Crippen molar-refractivity contribution in [3.63, 3.8) is 0 Å². The third kappa shape index (κ3) is 4.37. The van der Waals surface area contributed by atoms with Crippen LogP contribution in [0.5, 0.6) is 5.75 Å². The molecule has 0 aliphatic heterocycles. The summed E-state index contributed by atoms with van der Waals surface area (Å²) >= 11 is 0. The number of benzene rings is 2. The highest BCUT2D eigenvalue weighted by atomic mass is 16.5. The van der Waals surface area contributed by atoms with E-state index in [1.165, 1.54) is 5.56 Å². The minimum Gasteiger partial charge on any atom is -0.483 e. The molecule has 3 aromatic rings. The summed E-state index contributed by atoms with van der Waals surface area (Å²) in [6, 6.07) is 13.6. The number of nitrogens with one attached hydrogen (secondary N) is 1. The lowest BCUT2D eigenvalue weighted by Gasteiger charge is -2.20. The van der Waals surface area contributed by atoms with Gasteiger partial charge in [0.05, 0.1) is 0 Å². The molecule has 1 amide bonds. The van der Waals surface area contributed by atoms with Crippen LogP contribution in [0.1, 0.15) is 34.1 Å². The highest BCUT2D eigenvalue weighted by molar-refractivity contribution is 5.78. The Hall–Kier alpha value is -3.08. The number of carbonyl (C=O) groups excluding carboxylic acids is 1. The molecule has 0 saturated heterocycles. The smallest absolute Gasteiger partial charge is 0.258 e. The predicted octanol–water partition coefficient (Wildman–Crippen LogP) is 3.63. The molecule has 5 heteroatoms. The average Bonchev–Trinajstić information content (AvgIpc) is 3.05. The number of ether oxygens (including phenoxy) is 1. The Labute approximate surface area is 160 Å². The van der Waals surface area contributed by atoms with Crippen molar-refractivity contribution in [2.24, 2.45) is 7.05 Å². The Balaban J connectivity index is 1.75. The van der Waals surface area contributed by atoms with Crippen molar-refractivity contribution >= 4 is 5.91 Å². The summed E-state index contributed by atoms with van der Waals surface area (Å²) in [6.07, 6.45) is 3.60. The Morgan fingerprint density at radius 2 is 1.81 bits per heavy atom. The number of imidazole rings is 1. The van der Waals surface area contributed by atoms with E-state index in [0.29, 0.717) is 0 Å². The van der Waals surface area contributed by atoms with Crippen molar-refractivity contribution in [2.75, 3.05) is 6.61 Å². The molecule has 1 N–H and O–H groups in total. The Kier molecular flexibility index (Phi) is 5.60. The largest absolute Gasteiger partial charge is 0.483 e. The molecule has 0 saturated carbocycles. The number of aryl methyl sites for hydroxylation is 4. The van der Waals surface area contributed by atoms with Gasteiger partial charge in [0.25, 0.3) is 5.91 Å². The summed E-state index contributed by atoms with van der Waals surface area (Å²) in [6.45, 7) is 5.99. The van der Waals surface area contributed by atoms with E-state index in [1.807, 2.05) is 68.9 Å². The maximum absolute atomic E-state index is 12.6. The van der Waals surface area contributed by atoms with Gasteiger partial charge in [-0.3, -0.25) is 4.79 Å². The molecule has 1 heterocycles. The zero-order valence-electron chi connectivity index (χ0n) is 16.2. The summed E-state index contributed by atoms with van der Waals surface area (Å²) in [7, 11) is 1.92. The summed E-state index contributed by atoms with van der Waals surface area (Å²) in [4.78, 5) is 17.0. The van der Waals surface area contributed by atoms with Crippen LogP contribution >= 0.6 is 0 Å². The molecule has 0 aliphatic carbocycles. The van der Waals surface area contributed by atoms with Crippen molar-refractivity contribution in [3.8, 4) is 5.75 Å². The normalized spacial score (nSPS) is 11.9. The van der Waals surface area contributed by atoms with Crippen molar-refractivity contribution in [2.45, 2.75) is 26.8 Å². The monoisotopic (exact) mass is 363 g/mol. The van der Waals surface area contributed by atoms with E-state index in [9.17, 15) is 4.79 Å². The van der Waals surface area contributed by atoms with E-state index in [1.54, 1.807) is 6.20 Å². The standard InChI is InChI=1S/C22H25N3O2/c1-15-12-16(2)21(17(3)13-15)27-14-19(26)24-20(18-8-6-5-7-9-18)22-23-10-11-25(22)4/h5-13,20H,14H2,1-4H3,(H,24,26)/t20-/m0/s1. The quantitative estimate of drug-likeness (QED) is 0.728. The van der Waals surface area contributed by atoms with Gasteiger partial charge in [0, 0.05) is 19.4 Å². The van der Waals surface area contributed by atoms with Crippen LogP contribution in [0.2, 0.25) is 0 Å². The number of aromatic nitrogens is 2. The second-order valence-electron chi connectivity index (χ2n) is 6.82. The van der Waals surface area contributed by atoms with Gasteiger partial charge in [-0.1, -0.05) is 48.0 Å². The van der Waals surface area contributed by atoms with Crippen LogP contribution in [0, 0.1) is 20.8 Å². The fraction of sp³-hybridized carbons (Fsp3) is 0.273. The van der Waals surface area contributed by atoms with Gasteiger partial charge in [0.15, 0.2) is 6.61 Å². The maximum Gasteiger partial charge on any atom is 0.258 e. The second kappa shape index (κ2) is 8.08. The summed E-state index contributed by atoms with van der Waals surface area (Å²) < 4.78 is 7.74. The number of rotatable bonds is 6. The lowest BCUT2D eigenvalue weighted by Crippen LogP contribution is -2.34. The summed E-state index contributed by atoms with van der Waals surface area (Å²) in [5.41, 5.74) is 4.22. The lowest BCUT2D eigenvalue weighted by atomic mass is 10.1. The van der Waals surface area contributed by atoms with Crippen LogP contribution in [-0.4, -0.2) is 22.1 Å². The number of hydrogen-bond acceptors (Lipinski definition) is 3. The molecular weight excluding hydrogens is 338 g/mol. The SMILES string of the molecule is Cc1cc(C)c(OCC(=O)N[C@@H](c2ccccc2)c2nccn2C)c(C)c1. The first-order valence-corrected chi connectivity index (χ1v) is 8.98. The van der Waals surface area contributed by atoms with Crippen molar-refractivity contribution in [3.05, 3.63) is 82.9 Å². The van der Waals surface area contributed by atoms with Gasteiger partial charge in [-0.2, -0.15) is 0 Å². The lowest BCUT2D eigenvalue weighted by molar-refractivity contribution is -0.123. The Bertz CT molecular complexity index is 909. The van der Waals surface area contributed by atoms with Gasteiger partial charge in [-0.15, -0.1) is 0 Å². The third-order valence-electron chi connectivity index (χ3n) is 4.51. The van der Waals surface area contributed by atoms with E-state index >= 15 is 0 Å². The molecule has 140 valence electrons.